The number of nitrogens with one attached hydrogen (secondary N) is 2. The first-order chi connectivity index (χ1) is 13.5. The molecule has 0 saturated carbocycles. The van der Waals surface area contributed by atoms with Crippen molar-refractivity contribution in [1.82, 2.24) is 15.5 Å². The Morgan fingerprint density at radius 1 is 1.32 bits per heavy atom. The van der Waals surface area contributed by atoms with Gasteiger partial charge in [-0.15, -0.1) is 0 Å². The smallest absolute Gasteiger partial charge is 0.409 e. The molecule has 1 atom stereocenters. The fourth-order valence-electron chi connectivity index (χ4n) is 2.95. The van der Waals surface area contributed by atoms with Crippen LogP contribution in [0.15, 0.2) is 29.3 Å². The lowest BCUT2D eigenvalue weighted by molar-refractivity contribution is 0.0963. The topological polar surface area (TPSA) is 75.2 Å². The Morgan fingerprint density at radius 3 is 2.68 bits per heavy atom. The van der Waals surface area contributed by atoms with Gasteiger partial charge in [0, 0.05) is 25.7 Å². The molecule has 0 bridgehead atoms. The van der Waals surface area contributed by atoms with Crippen molar-refractivity contribution in [3.05, 3.63) is 29.3 Å². The Kier molecular flexibility index (Phi) is 9.20. The zero-order valence-corrected chi connectivity index (χ0v) is 17.7. The molecule has 156 valence electrons. The Labute approximate surface area is 172 Å². The monoisotopic (exact) mass is 410 g/mol. The lowest BCUT2D eigenvalue weighted by Gasteiger charge is -2.32. The van der Waals surface area contributed by atoms with Gasteiger partial charge in [0.05, 0.1) is 18.2 Å². The van der Waals surface area contributed by atoms with Crippen molar-refractivity contribution >= 4 is 23.7 Å². The molecule has 28 heavy (non-hydrogen) atoms. The molecule has 1 aliphatic rings. The number of amides is 1. The van der Waals surface area contributed by atoms with Crippen LogP contribution in [0.1, 0.15) is 33.6 Å². The van der Waals surface area contributed by atoms with E-state index in [4.69, 9.17) is 21.1 Å². The van der Waals surface area contributed by atoms with E-state index in [1.807, 2.05) is 39.0 Å². The van der Waals surface area contributed by atoms with E-state index >= 15 is 0 Å². The highest BCUT2D eigenvalue weighted by Crippen LogP contribution is 2.24. The van der Waals surface area contributed by atoms with Gasteiger partial charge in [0.15, 0.2) is 5.96 Å². The fraction of sp³-hybridized carbons (Fsp3) is 0.600. The van der Waals surface area contributed by atoms with E-state index in [-0.39, 0.29) is 18.2 Å². The third-order valence-corrected chi connectivity index (χ3v) is 4.69. The molecule has 0 aromatic heterocycles. The van der Waals surface area contributed by atoms with E-state index in [0.717, 1.165) is 25.3 Å². The van der Waals surface area contributed by atoms with E-state index in [9.17, 15) is 4.79 Å². The van der Waals surface area contributed by atoms with Gasteiger partial charge in [0.1, 0.15) is 11.9 Å². The number of hydrogen-bond acceptors (Lipinski definition) is 4. The van der Waals surface area contributed by atoms with Crippen molar-refractivity contribution in [2.24, 2.45) is 4.99 Å². The van der Waals surface area contributed by atoms with Crippen LogP contribution in [0.3, 0.4) is 0 Å². The highest BCUT2D eigenvalue weighted by Gasteiger charge is 2.24. The maximum absolute atomic E-state index is 11.8. The number of benzene rings is 1. The molecule has 1 heterocycles. The first-order valence-electron chi connectivity index (χ1n) is 9.91. The Balaban J connectivity index is 1.83. The number of rotatable bonds is 7. The Morgan fingerprint density at radius 2 is 2.04 bits per heavy atom. The zero-order valence-electron chi connectivity index (χ0n) is 16.9. The molecule has 7 nitrogen and oxygen atoms in total. The number of nitrogens with zero attached hydrogens (tertiary/aromatic N) is 2. The van der Waals surface area contributed by atoms with E-state index < -0.39 is 0 Å². The van der Waals surface area contributed by atoms with Crippen LogP contribution >= 0.6 is 11.6 Å². The van der Waals surface area contributed by atoms with Crippen LogP contribution in [0.4, 0.5) is 4.79 Å². The minimum Gasteiger partial charge on any atom is -0.487 e. The molecule has 1 aromatic carbocycles. The molecule has 1 amide bonds. The average Bonchev–Trinajstić information content (AvgIpc) is 2.69. The normalized spacial score (nSPS) is 16.4. The van der Waals surface area contributed by atoms with Gasteiger partial charge in [-0.05, 0) is 45.7 Å². The average molecular weight is 411 g/mol. The lowest BCUT2D eigenvalue weighted by Crippen LogP contribution is -2.50. The molecule has 0 spiro atoms. The number of para-hydroxylation sites is 1. The second-order valence-corrected chi connectivity index (χ2v) is 7.09. The first kappa shape index (κ1) is 22.1. The van der Waals surface area contributed by atoms with Gasteiger partial charge < -0.3 is 25.0 Å². The fourth-order valence-corrected chi connectivity index (χ4v) is 3.13. The van der Waals surface area contributed by atoms with E-state index in [1.165, 1.54) is 0 Å². The minimum absolute atomic E-state index is 0.110. The molecule has 1 unspecified atom stereocenters. The van der Waals surface area contributed by atoms with Crippen molar-refractivity contribution in [1.29, 1.82) is 0 Å². The summed E-state index contributed by atoms with van der Waals surface area (Å²) in [6, 6.07) is 7.69. The van der Waals surface area contributed by atoms with E-state index in [0.29, 0.717) is 37.0 Å². The van der Waals surface area contributed by atoms with Crippen molar-refractivity contribution in [3.63, 3.8) is 0 Å². The summed E-state index contributed by atoms with van der Waals surface area (Å²) in [6.07, 6.45) is 1.37. The van der Waals surface area contributed by atoms with E-state index in [1.54, 1.807) is 11.0 Å². The lowest BCUT2D eigenvalue weighted by atomic mass is 10.1. The van der Waals surface area contributed by atoms with Crippen LogP contribution in [0.2, 0.25) is 5.02 Å². The number of carbonyl (C=O) groups is 1. The third-order valence-electron chi connectivity index (χ3n) is 4.38. The van der Waals surface area contributed by atoms with Crippen molar-refractivity contribution in [2.75, 3.05) is 32.8 Å². The summed E-state index contributed by atoms with van der Waals surface area (Å²) >= 11 is 6.14. The van der Waals surface area contributed by atoms with Crippen molar-refractivity contribution < 1.29 is 14.3 Å². The molecule has 8 heteroatoms. The minimum atomic E-state index is -0.230. The van der Waals surface area contributed by atoms with Gasteiger partial charge in [-0.25, -0.2) is 9.79 Å². The maximum Gasteiger partial charge on any atom is 0.409 e. The van der Waals surface area contributed by atoms with Crippen LogP contribution in [0.25, 0.3) is 0 Å². The Bertz CT molecular complexity index is 648. The molecular formula is C20H31ClN4O3. The molecule has 1 aromatic rings. The standard InChI is InChI=1S/C20H31ClN4O3/c1-4-22-19(23-14-15(3)28-18-9-7-6-8-17(18)21)24-16-10-12-25(13-11-16)20(26)27-5-2/h6-9,15-16H,4-5,10-14H2,1-3H3,(H2,22,23,24). The predicted octanol–water partition coefficient (Wildman–Crippen LogP) is 3.28. The third kappa shape index (κ3) is 7.11. The van der Waals surface area contributed by atoms with E-state index in [2.05, 4.69) is 15.6 Å². The van der Waals surface area contributed by atoms with Gasteiger partial charge in [-0.2, -0.15) is 0 Å². The number of piperidine rings is 1. The molecule has 1 saturated heterocycles. The number of likely N-dealkylation sites (tertiary alicyclic amines) is 1. The number of guanidine groups is 1. The number of halogens is 1. The SMILES string of the molecule is CCNC(=NCC(C)Oc1ccccc1Cl)NC1CCN(C(=O)OCC)CC1. The quantitative estimate of drug-likeness (QED) is 0.533. The summed E-state index contributed by atoms with van der Waals surface area (Å²) in [5, 5.41) is 7.32. The summed E-state index contributed by atoms with van der Waals surface area (Å²) in [6.45, 7) is 8.86. The number of ether oxygens (including phenoxy) is 2. The van der Waals surface area contributed by atoms with Crippen LogP contribution in [-0.2, 0) is 4.74 Å². The number of hydrogen-bond donors (Lipinski definition) is 2. The van der Waals surface area contributed by atoms with Gasteiger partial charge >= 0.3 is 6.09 Å². The molecule has 0 aliphatic carbocycles. The number of aliphatic imine (C=N–C) groups is 1. The molecule has 2 N–H and O–H groups in total. The van der Waals surface area contributed by atoms with Crippen LogP contribution in [0.5, 0.6) is 5.75 Å². The molecular weight excluding hydrogens is 380 g/mol. The van der Waals surface area contributed by atoms with Gasteiger partial charge in [0.2, 0.25) is 0 Å². The van der Waals surface area contributed by atoms with Crippen LogP contribution in [0, 0.1) is 0 Å². The zero-order chi connectivity index (χ0) is 20.4. The largest absolute Gasteiger partial charge is 0.487 e. The highest BCUT2D eigenvalue weighted by atomic mass is 35.5. The summed E-state index contributed by atoms with van der Waals surface area (Å²) in [5.74, 6) is 1.42. The maximum atomic E-state index is 11.8. The molecule has 2 rings (SSSR count). The van der Waals surface area contributed by atoms with Crippen molar-refractivity contribution in [3.8, 4) is 5.75 Å². The van der Waals surface area contributed by atoms with Crippen LogP contribution in [-0.4, -0.2) is 61.9 Å². The Hall–Kier alpha value is -2.15. The molecule has 1 aliphatic heterocycles. The molecule has 1 fully saturated rings. The van der Waals surface area contributed by atoms with Gasteiger partial charge in [-0.1, -0.05) is 23.7 Å². The summed E-state index contributed by atoms with van der Waals surface area (Å²) in [4.78, 5) is 18.2. The summed E-state index contributed by atoms with van der Waals surface area (Å²) < 4.78 is 10.9. The van der Waals surface area contributed by atoms with Gasteiger partial charge in [-0.3, -0.25) is 0 Å². The van der Waals surface area contributed by atoms with Crippen LogP contribution < -0.4 is 15.4 Å². The predicted molar refractivity (Wildman–Crippen MR) is 112 cm³/mol. The van der Waals surface area contributed by atoms with Crippen molar-refractivity contribution in [2.45, 2.75) is 45.8 Å². The van der Waals surface area contributed by atoms with Gasteiger partial charge in [0.25, 0.3) is 0 Å². The first-order valence-corrected chi connectivity index (χ1v) is 10.3. The second kappa shape index (κ2) is 11.6. The second-order valence-electron chi connectivity index (χ2n) is 6.68. The summed E-state index contributed by atoms with van der Waals surface area (Å²) in [5.41, 5.74) is 0. The molecule has 0 radical (unpaired) electrons. The number of carbonyl (C=O) groups excluding carboxylic acids is 1. The summed E-state index contributed by atoms with van der Waals surface area (Å²) in [7, 11) is 0. The highest BCUT2D eigenvalue weighted by molar-refractivity contribution is 6.32.